The van der Waals surface area contributed by atoms with E-state index < -0.39 is 11.9 Å². The fourth-order valence-electron chi connectivity index (χ4n) is 3.53. The van der Waals surface area contributed by atoms with E-state index >= 15 is 0 Å². The van der Waals surface area contributed by atoms with Crippen LogP contribution in [0.1, 0.15) is 25.7 Å². The van der Waals surface area contributed by atoms with Gasteiger partial charge in [0, 0.05) is 24.8 Å². The van der Waals surface area contributed by atoms with Gasteiger partial charge in [-0.05, 0) is 42.8 Å². The highest BCUT2D eigenvalue weighted by Crippen LogP contribution is 2.30. The second-order valence-corrected chi connectivity index (χ2v) is 6.78. The third-order valence-corrected chi connectivity index (χ3v) is 5.03. The van der Waals surface area contributed by atoms with E-state index in [1.807, 2.05) is 35.0 Å². The first-order chi connectivity index (χ1) is 12.5. The summed E-state index contributed by atoms with van der Waals surface area (Å²) in [5.41, 5.74) is 1.51. The summed E-state index contributed by atoms with van der Waals surface area (Å²) in [6, 6.07) is 7.48. The summed E-state index contributed by atoms with van der Waals surface area (Å²) in [5, 5.41) is 15.7. The van der Waals surface area contributed by atoms with E-state index in [9.17, 15) is 19.5 Å². The van der Waals surface area contributed by atoms with Crippen LogP contribution in [-0.2, 0) is 20.9 Å². The first-order valence-corrected chi connectivity index (χ1v) is 8.81. The number of anilines is 1. The molecule has 1 fully saturated rings. The highest BCUT2D eigenvalue weighted by molar-refractivity contribution is 5.95. The lowest BCUT2D eigenvalue weighted by molar-refractivity contribution is -0.143. The SMILES string of the molecule is CNC(=O)Cn1ccc2ccc(NC(=O)C3CCCC(C(=O)O)C3)cc21. The molecule has 138 valence electrons. The van der Waals surface area contributed by atoms with Crippen molar-refractivity contribution in [3.8, 4) is 0 Å². The number of aliphatic carboxylic acids is 1. The normalized spacial score (nSPS) is 19.9. The molecule has 2 amide bonds. The number of hydrogen-bond acceptors (Lipinski definition) is 3. The largest absolute Gasteiger partial charge is 0.481 e. The molecule has 3 N–H and O–H groups in total. The number of carbonyl (C=O) groups is 3. The summed E-state index contributed by atoms with van der Waals surface area (Å²) in [6.07, 6.45) is 4.33. The van der Waals surface area contributed by atoms with Crippen molar-refractivity contribution in [3.63, 3.8) is 0 Å². The second kappa shape index (κ2) is 7.59. The molecule has 7 heteroatoms. The van der Waals surface area contributed by atoms with Crippen molar-refractivity contribution in [1.82, 2.24) is 9.88 Å². The quantitative estimate of drug-likeness (QED) is 0.764. The summed E-state index contributed by atoms with van der Waals surface area (Å²) < 4.78 is 1.82. The van der Waals surface area contributed by atoms with Crippen LogP contribution in [0.2, 0.25) is 0 Å². The summed E-state index contributed by atoms with van der Waals surface area (Å²) >= 11 is 0. The smallest absolute Gasteiger partial charge is 0.306 e. The van der Waals surface area contributed by atoms with Crippen LogP contribution in [0.5, 0.6) is 0 Å². The highest BCUT2D eigenvalue weighted by atomic mass is 16.4. The number of hydrogen-bond donors (Lipinski definition) is 3. The van der Waals surface area contributed by atoms with Gasteiger partial charge in [-0.2, -0.15) is 0 Å². The molecule has 1 aromatic heterocycles. The number of benzene rings is 1. The van der Waals surface area contributed by atoms with E-state index in [2.05, 4.69) is 10.6 Å². The van der Waals surface area contributed by atoms with Crippen LogP contribution < -0.4 is 10.6 Å². The summed E-state index contributed by atoms with van der Waals surface area (Å²) in [6.45, 7) is 0.209. The number of nitrogens with zero attached hydrogens (tertiary/aromatic N) is 1. The Morgan fingerprint density at radius 2 is 1.96 bits per heavy atom. The van der Waals surface area contributed by atoms with Gasteiger partial charge in [0.15, 0.2) is 0 Å². The van der Waals surface area contributed by atoms with Gasteiger partial charge in [0.25, 0.3) is 0 Å². The minimum absolute atomic E-state index is 0.0983. The predicted octanol–water partition coefficient (Wildman–Crippen LogP) is 2.22. The summed E-state index contributed by atoms with van der Waals surface area (Å²) in [7, 11) is 1.59. The first-order valence-electron chi connectivity index (χ1n) is 8.81. The topological polar surface area (TPSA) is 100 Å². The number of carboxylic acids is 1. The van der Waals surface area contributed by atoms with Crippen LogP contribution in [0, 0.1) is 11.8 Å². The number of nitrogens with one attached hydrogen (secondary N) is 2. The highest BCUT2D eigenvalue weighted by Gasteiger charge is 2.31. The number of aromatic nitrogens is 1. The van der Waals surface area contributed by atoms with Crippen molar-refractivity contribution in [1.29, 1.82) is 0 Å². The average molecular weight is 357 g/mol. The Morgan fingerprint density at radius 1 is 1.19 bits per heavy atom. The van der Waals surface area contributed by atoms with E-state index in [0.717, 1.165) is 17.3 Å². The Hall–Kier alpha value is -2.83. The molecule has 0 bridgehead atoms. The average Bonchev–Trinajstić information content (AvgIpc) is 3.03. The number of rotatable bonds is 5. The van der Waals surface area contributed by atoms with Gasteiger partial charge >= 0.3 is 5.97 Å². The zero-order chi connectivity index (χ0) is 18.7. The maximum Gasteiger partial charge on any atom is 0.306 e. The molecule has 3 rings (SSSR count). The first kappa shape index (κ1) is 18.0. The van der Waals surface area contributed by atoms with Gasteiger partial charge in [-0.3, -0.25) is 14.4 Å². The van der Waals surface area contributed by atoms with Gasteiger partial charge < -0.3 is 20.3 Å². The Bertz CT molecular complexity index is 842. The molecule has 2 atom stereocenters. The Kier molecular flexibility index (Phi) is 5.25. The molecule has 1 aliphatic carbocycles. The van der Waals surface area contributed by atoms with Crippen LogP contribution in [0.15, 0.2) is 30.5 Å². The molecule has 0 spiro atoms. The minimum atomic E-state index is -0.823. The zero-order valence-corrected chi connectivity index (χ0v) is 14.7. The maximum atomic E-state index is 12.5. The molecule has 2 aromatic rings. The zero-order valence-electron chi connectivity index (χ0n) is 14.7. The molecule has 2 unspecified atom stereocenters. The summed E-state index contributed by atoms with van der Waals surface area (Å²) in [4.78, 5) is 35.4. The molecule has 0 aliphatic heterocycles. The molecule has 1 heterocycles. The van der Waals surface area contributed by atoms with Gasteiger partial charge in [0.1, 0.15) is 6.54 Å². The van der Waals surface area contributed by atoms with Crippen molar-refractivity contribution < 1.29 is 19.5 Å². The fourth-order valence-corrected chi connectivity index (χ4v) is 3.53. The van der Waals surface area contributed by atoms with E-state index in [1.54, 1.807) is 7.05 Å². The van der Waals surface area contributed by atoms with Crippen molar-refractivity contribution in [2.75, 3.05) is 12.4 Å². The van der Waals surface area contributed by atoms with Crippen LogP contribution >= 0.6 is 0 Å². The van der Waals surface area contributed by atoms with Gasteiger partial charge in [-0.15, -0.1) is 0 Å². The molecule has 1 saturated carbocycles. The number of carboxylic acid groups (broad SMARTS) is 1. The molecular formula is C19H23N3O4. The minimum Gasteiger partial charge on any atom is -0.481 e. The molecular weight excluding hydrogens is 334 g/mol. The number of fused-ring (bicyclic) bond motifs is 1. The van der Waals surface area contributed by atoms with E-state index in [1.165, 1.54) is 0 Å². The van der Waals surface area contributed by atoms with Gasteiger partial charge in [0.2, 0.25) is 11.8 Å². The third-order valence-electron chi connectivity index (χ3n) is 5.03. The van der Waals surface area contributed by atoms with Crippen molar-refractivity contribution in [3.05, 3.63) is 30.5 Å². The Morgan fingerprint density at radius 3 is 2.69 bits per heavy atom. The van der Waals surface area contributed by atoms with Crippen molar-refractivity contribution in [2.45, 2.75) is 32.2 Å². The molecule has 26 heavy (non-hydrogen) atoms. The lowest BCUT2D eigenvalue weighted by Crippen LogP contribution is -2.30. The Balaban J connectivity index is 1.74. The lowest BCUT2D eigenvalue weighted by atomic mass is 9.81. The molecule has 1 aromatic carbocycles. The second-order valence-electron chi connectivity index (χ2n) is 6.78. The summed E-state index contributed by atoms with van der Waals surface area (Å²) in [5.74, 6) is -1.78. The Labute approximate surface area is 151 Å². The van der Waals surface area contributed by atoms with Crippen LogP contribution in [-0.4, -0.2) is 34.5 Å². The standard InChI is InChI=1S/C19H23N3O4/c1-20-17(23)11-22-8-7-12-5-6-15(10-16(12)22)21-18(24)13-3-2-4-14(9-13)19(25)26/h5-8,10,13-14H,2-4,9,11H2,1H3,(H,20,23)(H,21,24)(H,25,26). The van der Waals surface area contributed by atoms with Crippen LogP contribution in [0.3, 0.4) is 0 Å². The third kappa shape index (κ3) is 3.87. The monoisotopic (exact) mass is 357 g/mol. The fraction of sp³-hybridized carbons (Fsp3) is 0.421. The van der Waals surface area contributed by atoms with Gasteiger partial charge in [-0.1, -0.05) is 12.5 Å². The maximum absolute atomic E-state index is 12.5. The van der Waals surface area contributed by atoms with Crippen LogP contribution in [0.25, 0.3) is 10.9 Å². The lowest BCUT2D eigenvalue weighted by Gasteiger charge is -2.25. The van der Waals surface area contributed by atoms with Crippen molar-refractivity contribution in [2.24, 2.45) is 11.8 Å². The molecule has 0 saturated heterocycles. The number of carbonyl (C=O) groups excluding carboxylic acids is 2. The van der Waals surface area contributed by atoms with E-state index in [-0.39, 0.29) is 24.3 Å². The van der Waals surface area contributed by atoms with Gasteiger partial charge in [0.05, 0.1) is 11.4 Å². The van der Waals surface area contributed by atoms with Crippen LogP contribution in [0.4, 0.5) is 5.69 Å². The van der Waals surface area contributed by atoms with E-state index in [4.69, 9.17) is 0 Å². The molecule has 0 radical (unpaired) electrons. The van der Waals surface area contributed by atoms with Crippen molar-refractivity contribution >= 4 is 34.4 Å². The van der Waals surface area contributed by atoms with Gasteiger partial charge in [-0.25, -0.2) is 0 Å². The predicted molar refractivity (Wildman–Crippen MR) is 97.7 cm³/mol. The molecule has 7 nitrogen and oxygen atoms in total. The van der Waals surface area contributed by atoms with E-state index in [0.29, 0.717) is 24.9 Å². The molecule has 1 aliphatic rings. The number of amides is 2. The number of likely N-dealkylation sites (N-methyl/N-ethyl adjacent to an activating group) is 1.